The van der Waals surface area contributed by atoms with Gasteiger partial charge in [0.2, 0.25) is 5.88 Å². The Hall–Kier alpha value is -0.870. The van der Waals surface area contributed by atoms with E-state index in [1.807, 2.05) is 13.8 Å². The van der Waals surface area contributed by atoms with Gasteiger partial charge in [-0.05, 0) is 13.8 Å². The van der Waals surface area contributed by atoms with E-state index in [9.17, 15) is 0 Å². The molecule has 0 N–H and O–H groups in total. The molecule has 0 spiro atoms. The van der Waals surface area contributed by atoms with Gasteiger partial charge in [-0.15, -0.1) is 0 Å². The molecule has 14 heavy (non-hydrogen) atoms. The maximum absolute atomic E-state index is 5.79. The van der Waals surface area contributed by atoms with Crippen LogP contribution in [0.5, 0.6) is 5.88 Å². The number of halogens is 1. The van der Waals surface area contributed by atoms with Gasteiger partial charge in [0.15, 0.2) is 0 Å². The summed E-state index contributed by atoms with van der Waals surface area (Å²) in [6.45, 7) is 5.47. The van der Waals surface area contributed by atoms with E-state index < -0.39 is 0 Å². The number of hydrogen-bond acceptors (Lipinski definition) is 4. The van der Waals surface area contributed by atoms with Crippen molar-refractivity contribution in [2.75, 3.05) is 19.8 Å². The van der Waals surface area contributed by atoms with Crippen molar-refractivity contribution in [1.29, 1.82) is 0 Å². The zero-order valence-corrected chi connectivity index (χ0v) is 9.04. The predicted octanol–water partition coefficient (Wildman–Crippen LogP) is 1.85. The van der Waals surface area contributed by atoms with Gasteiger partial charge in [0.05, 0.1) is 6.61 Å². The first-order valence-corrected chi connectivity index (χ1v) is 4.81. The minimum Gasteiger partial charge on any atom is -0.475 e. The van der Waals surface area contributed by atoms with Crippen molar-refractivity contribution < 1.29 is 9.47 Å². The second-order valence-corrected chi connectivity index (χ2v) is 3.00. The molecule has 1 aromatic heterocycles. The number of aromatic nitrogens is 2. The first-order chi connectivity index (χ1) is 6.75. The molecule has 0 radical (unpaired) electrons. The number of nitrogens with zero attached hydrogens (tertiary/aromatic N) is 2. The van der Waals surface area contributed by atoms with Crippen LogP contribution in [0.3, 0.4) is 0 Å². The molecule has 4 nitrogen and oxygen atoms in total. The van der Waals surface area contributed by atoms with E-state index >= 15 is 0 Å². The van der Waals surface area contributed by atoms with Gasteiger partial charge >= 0.3 is 0 Å². The molecule has 78 valence electrons. The summed E-state index contributed by atoms with van der Waals surface area (Å²) in [4.78, 5) is 7.79. The van der Waals surface area contributed by atoms with Crippen LogP contribution in [0.15, 0.2) is 6.33 Å². The zero-order valence-electron chi connectivity index (χ0n) is 8.29. The summed E-state index contributed by atoms with van der Waals surface area (Å²) >= 11 is 5.79. The van der Waals surface area contributed by atoms with E-state index in [0.29, 0.717) is 30.9 Å². The molecule has 1 aromatic rings. The topological polar surface area (TPSA) is 44.2 Å². The molecule has 1 heterocycles. The second kappa shape index (κ2) is 5.78. The first kappa shape index (κ1) is 11.2. The Kier molecular flexibility index (Phi) is 4.62. The molecular weight excluding hydrogens is 204 g/mol. The smallest absolute Gasteiger partial charge is 0.220 e. The molecular formula is C9H13ClN2O2. The van der Waals surface area contributed by atoms with Crippen LogP contribution in [-0.4, -0.2) is 29.8 Å². The normalized spacial score (nSPS) is 10.2. The lowest BCUT2D eigenvalue weighted by molar-refractivity contribution is 0.108. The van der Waals surface area contributed by atoms with Gasteiger partial charge in [-0.2, -0.15) is 0 Å². The highest BCUT2D eigenvalue weighted by Crippen LogP contribution is 2.19. The van der Waals surface area contributed by atoms with Crippen LogP contribution < -0.4 is 4.74 Å². The molecule has 0 aliphatic heterocycles. The molecule has 1 rings (SSSR count). The van der Waals surface area contributed by atoms with E-state index in [2.05, 4.69) is 9.97 Å². The second-order valence-electron chi connectivity index (χ2n) is 2.64. The number of ether oxygens (including phenoxy) is 2. The molecule has 0 saturated heterocycles. The van der Waals surface area contributed by atoms with Gasteiger partial charge in [-0.3, -0.25) is 0 Å². The van der Waals surface area contributed by atoms with Crippen molar-refractivity contribution in [1.82, 2.24) is 9.97 Å². The third-order valence-corrected chi connectivity index (χ3v) is 2.03. The first-order valence-electron chi connectivity index (χ1n) is 4.43. The Bertz CT molecular complexity index is 294. The van der Waals surface area contributed by atoms with Crippen LogP contribution >= 0.6 is 11.6 Å². The molecule has 5 heteroatoms. The predicted molar refractivity (Wildman–Crippen MR) is 53.8 cm³/mol. The summed E-state index contributed by atoms with van der Waals surface area (Å²) in [7, 11) is 0. The maximum atomic E-state index is 5.79. The molecule has 0 unspecified atom stereocenters. The van der Waals surface area contributed by atoms with Gasteiger partial charge in [0.25, 0.3) is 0 Å². The highest BCUT2D eigenvalue weighted by Gasteiger charge is 2.05. The van der Waals surface area contributed by atoms with Gasteiger partial charge in [0, 0.05) is 12.2 Å². The molecule has 0 aliphatic rings. The largest absolute Gasteiger partial charge is 0.475 e. The van der Waals surface area contributed by atoms with E-state index in [1.54, 1.807) is 0 Å². The van der Waals surface area contributed by atoms with Crippen LogP contribution in [0.2, 0.25) is 5.15 Å². The highest BCUT2D eigenvalue weighted by molar-refractivity contribution is 6.30. The summed E-state index contributed by atoms with van der Waals surface area (Å²) in [6.07, 6.45) is 1.38. The maximum Gasteiger partial charge on any atom is 0.220 e. The van der Waals surface area contributed by atoms with Crippen molar-refractivity contribution in [2.24, 2.45) is 0 Å². The van der Waals surface area contributed by atoms with Crippen LogP contribution in [0.25, 0.3) is 0 Å². The van der Waals surface area contributed by atoms with Crippen LogP contribution in [0, 0.1) is 6.92 Å². The lowest BCUT2D eigenvalue weighted by Gasteiger charge is -2.07. The standard InChI is InChI=1S/C9H13ClN2O2/c1-3-13-4-5-14-9-7(2)8(10)11-6-12-9/h6H,3-5H2,1-2H3. The van der Waals surface area contributed by atoms with Gasteiger partial charge in [0.1, 0.15) is 18.1 Å². The third kappa shape index (κ3) is 3.12. The van der Waals surface area contributed by atoms with Crippen molar-refractivity contribution >= 4 is 11.6 Å². The van der Waals surface area contributed by atoms with Crippen LogP contribution in [0.4, 0.5) is 0 Å². The molecule has 0 atom stereocenters. The molecule has 0 saturated carbocycles. The van der Waals surface area contributed by atoms with Gasteiger partial charge in [-0.1, -0.05) is 11.6 Å². The molecule has 0 fully saturated rings. The average Bonchev–Trinajstić information content (AvgIpc) is 2.19. The summed E-state index contributed by atoms with van der Waals surface area (Å²) in [5, 5.41) is 0.423. The summed E-state index contributed by atoms with van der Waals surface area (Å²) in [5.41, 5.74) is 0.755. The highest BCUT2D eigenvalue weighted by atomic mass is 35.5. The SMILES string of the molecule is CCOCCOc1ncnc(Cl)c1C. The Morgan fingerprint density at radius 3 is 2.86 bits per heavy atom. The molecule has 0 aromatic carbocycles. The molecule has 0 aliphatic carbocycles. The minimum absolute atomic E-state index is 0.423. The van der Waals surface area contributed by atoms with Gasteiger partial charge in [-0.25, -0.2) is 9.97 Å². The van der Waals surface area contributed by atoms with E-state index in [-0.39, 0.29) is 0 Å². The van der Waals surface area contributed by atoms with E-state index in [1.165, 1.54) is 6.33 Å². The fourth-order valence-electron chi connectivity index (χ4n) is 0.901. The lowest BCUT2D eigenvalue weighted by atomic mass is 10.4. The minimum atomic E-state index is 0.423. The quantitative estimate of drug-likeness (QED) is 0.557. The number of hydrogen-bond donors (Lipinski definition) is 0. The zero-order chi connectivity index (χ0) is 10.4. The Morgan fingerprint density at radius 1 is 1.36 bits per heavy atom. The van der Waals surface area contributed by atoms with Crippen molar-refractivity contribution in [2.45, 2.75) is 13.8 Å². The van der Waals surface area contributed by atoms with Crippen LogP contribution in [0.1, 0.15) is 12.5 Å². The fourth-order valence-corrected chi connectivity index (χ4v) is 1.03. The van der Waals surface area contributed by atoms with Crippen molar-refractivity contribution in [3.63, 3.8) is 0 Å². The van der Waals surface area contributed by atoms with E-state index in [0.717, 1.165) is 5.56 Å². The van der Waals surface area contributed by atoms with E-state index in [4.69, 9.17) is 21.1 Å². The average molecular weight is 217 g/mol. The monoisotopic (exact) mass is 216 g/mol. The molecule has 0 bridgehead atoms. The lowest BCUT2D eigenvalue weighted by Crippen LogP contribution is -2.08. The molecule has 0 amide bonds. The van der Waals surface area contributed by atoms with Gasteiger partial charge < -0.3 is 9.47 Å². The van der Waals surface area contributed by atoms with Crippen molar-refractivity contribution in [3.8, 4) is 5.88 Å². The third-order valence-electron chi connectivity index (χ3n) is 1.65. The summed E-state index contributed by atoms with van der Waals surface area (Å²) < 4.78 is 10.5. The summed E-state index contributed by atoms with van der Waals surface area (Å²) in [5.74, 6) is 0.518. The Labute approximate surface area is 88.2 Å². The Balaban J connectivity index is 2.46. The van der Waals surface area contributed by atoms with Crippen LogP contribution in [-0.2, 0) is 4.74 Å². The Morgan fingerprint density at radius 2 is 2.14 bits per heavy atom. The number of rotatable bonds is 5. The summed E-state index contributed by atoms with van der Waals surface area (Å²) in [6, 6.07) is 0. The fraction of sp³-hybridized carbons (Fsp3) is 0.556. The van der Waals surface area contributed by atoms with Crippen molar-refractivity contribution in [3.05, 3.63) is 17.0 Å².